The summed E-state index contributed by atoms with van der Waals surface area (Å²) >= 11 is 0. The Morgan fingerprint density at radius 2 is 2.00 bits per heavy atom. The van der Waals surface area contributed by atoms with Crippen molar-refractivity contribution in [3.05, 3.63) is 53.7 Å². The third-order valence-electron chi connectivity index (χ3n) is 2.60. The van der Waals surface area contributed by atoms with E-state index >= 15 is 0 Å². The molecule has 1 aromatic heterocycles. The smallest absolute Gasteiger partial charge is 0.219 e. The van der Waals surface area contributed by atoms with Crippen LogP contribution in [0.15, 0.2) is 42.6 Å². The van der Waals surface area contributed by atoms with Gasteiger partial charge in [-0.2, -0.15) is 0 Å². The van der Waals surface area contributed by atoms with Crippen LogP contribution >= 0.6 is 0 Å². The number of ether oxygens (including phenoxy) is 1. The maximum atomic E-state index is 9.37. The fraction of sp³-hybridized carbons (Fsp3) is 0.214. The first-order valence-electron chi connectivity index (χ1n) is 5.71. The first-order chi connectivity index (χ1) is 8.70. The van der Waals surface area contributed by atoms with Gasteiger partial charge in [0.2, 0.25) is 5.88 Å². The largest absolute Gasteiger partial charge is 0.439 e. The Kier molecular flexibility index (Phi) is 3.92. The van der Waals surface area contributed by atoms with Gasteiger partial charge in [-0.3, -0.25) is 0 Å². The van der Waals surface area contributed by atoms with Gasteiger partial charge in [-0.15, -0.1) is 0 Å². The molecule has 4 nitrogen and oxygen atoms in total. The minimum absolute atomic E-state index is 0.0814. The summed E-state index contributed by atoms with van der Waals surface area (Å²) in [6.07, 6.45) is 1.03. The molecule has 4 heteroatoms. The molecule has 0 aliphatic rings. The van der Waals surface area contributed by atoms with E-state index in [4.69, 9.17) is 4.74 Å². The molecule has 0 radical (unpaired) electrons. The van der Waals surface area contributed by atoms with Gasteiger partial charge in [-0.05, 0) is 24.6 Å². The standard InChI is InChI=1S/C14H15NO3/c1-10(17)11-6-7-14(15-8-11)18-13-5-3-2-4-12(13)9-16/h2-8,10,16-17H,9H2,1H3/t10-/m1/s1. The van der Waals surface area contributed by atoms with Gasteiger partial charge in [-0.1, -0.05) is 18.2 Å². The van der Waals surface area contributed by atoms with Gasteiger partial charge < -0.3 is 14.9 Å². The highest BCUT2D eigenvalue weighted by Gasteiger charge is 2.05. The molecule has 0 spiro atoms. The molecule has 1 atom stereocenters. The van der Waals surface area contributed by atoms with E-state index in [0.717, 1.165) is 5.56 Å². The normalized spacial score (nSPS) is 12.2. The Bertz CT molecular complexity index is 509. The molecule has 1 aromatic carbocycles. The van der Waals surface area contributed by atoms with Crippen molar-refractivity contribution >= 4 is 0 Å². The molecule has 0 bridgehead atoms. The second-order valence-electron chi connectivity index (χ2n) is 3.97. The predicted octanol–water partition coefficient (Wildman–Crippen LogP) is 2.42. The Labute approximate surface area is 106 Å². The first kappa shape index (κ1) is 12.5. The molecule has 1 heterocycles. The average Bonchev–Trinajstić information content (AvgIpc) is 2.40. The van der Waals surface area contributed by atoms with Crippen LogP contribution in [0.3, 0.4) is 0 Å². The summed E-state index contributed by atoms with van der Waals surface area (Å²) in [6.45, 7) is 1.60. The van der Waals surface area contributed by atoms with Crippen molar-refractivity contribution in [2.45, 2.75) is 19.6 Å². The van der Waals surface area contributed by atoms with E-state index in [1.165, 1.54) is 0 Å². The number of benzene rings is 1. The number of nitrogens with zero attached hydrogens (tertiary/aromatic N) is 1. The van der Waals surface area contributed by atoms with E-state index in [1.54, 1.807) is 37.4 Å². The van der Waals surface area contributed by atoms with Crippen LogP contribution in [0, 0.1) is 0 Å². The maximum absolute atomic E-state index is 9.37. The maximum Gasteiger partial charge on any atom is 0.219 e. The lowest BCUT2D eigenvalue weighted by molar-refractivity contribution is 0.198. The number of aliphatic hydroxyl groups excluding tert-OH is 2. The summed E-state index contributed by atoms with van der Waals surface area (Å²) in [5.74, 6) is 1.01. The van der Waals surface area contributed by atoms with E-state index in [1.807, 2.05) is 12.1 Å². The minimum Gasteiger partial charge on any atom is -0.439 e. The van der Waals surface area contributed by atoms with E-state index in [2.05, 4.69) is 4.98 Å². The molecular formula is C14H15NO3. The Hall–Kier alpha value is -1.91. The minimum atomic E-state index is -0.545. The molecule has 0 fully saturated rings. The lowest BCUT2D eigenvalue weighted by Gasteiger charge is -2.09. The van der Waals surface area contributed by atoms with Crippen LogP contribution < -0.4 is 4.74 Å². The van der Waals surface area contributed by atoms with E-state index < -0.39 is 6.10 Å². The fourth-order valence-electron chi connectivity index (χ4n) is 1.55. The van der Waals surface area contributed by atoms with E-state index in [9.17, 15) is 10.2 Å². The molecule has 94 valence electrons. The third-order valence-corrected chi connectivity index (χ3v) is 2.60. The van der Waals surface area contributed by atoms with Crippen molar-refractivity contribution in [2.75, 3.05) is 0 Å². The van der Waals surface area contributed by atoms with Crippen molar-refractivity contribution in [1.29, 1.82) is 0 Å². The molecule has 2 rings (SSSR count). The highest BCUT2D eigenvalue weighted by molar-refractivity contribution is 5.35. The van der Waals surface area contributed by atoms with Crippen LogP contribution in [0.5, 0.6) is 11.6 Å². The van der Waals surface area contributed by atoms with Crippen LogP contribution in [0.25, 0.3) is 0 Å². The summed E-state index contributed by atoms with van der Waals surface area (Å²) in [5, 5.41) is 18.6. The highest BCUT2D eigenvalue weighted by atomic mass is 16.5. The monoisotopic (exact) mass is 245 g/mol. The Morgan fingerprint density at radius 1 is 1.22 bits per heavy atom. The van der Waals surface area contributed by atoms with Gasteiger partial charge in [0.15, 0.2) is 0 Å². The first-order valence-corrected chi connectivity index (χ1v) is 5.71. The molecule has 0 aliphatic heterocycles. The summed E-state index contributed by atoms with van der Waals surface area (Å²) in [4.78, 5) is 4.11. The van der Waals surface area contributed by atoms with Crippen molar-refractivity contribution in [3.63, 3.8) is 0 Å². The predicted molar refractivity (Wildman–Crippen MR) is 67.3 cm³/mol. The molecule has 2 aromatic rings. The summed E-state index contributed by atoms with van der Waals surface area (Å²) in [5.41, 5.74) is 1.44. The van der Waals surface area contributed by atoms with Gasteiger partial charge in [0.05, 0.1) is 12.7 Å². The molecule has 18 heavy (non-hydrogen) atoms. The summed E-state index contributed by atoms with van der Waals surface area (Å²) in [6, 6.07) is 10.7. The number of hydrogen-bond donors (Lipinski definition) is 2. The molecule has 0 aliphatic carbocycles. The molecule has 2 N–H and O–H groups in total. The SMILES string of the molecule is C[C@@H](O)c1ccc(Oc2ccccc2CO)nc1. The number of para-hydroxylation sites is 1. The van der Waals surface area contributed by atoms with Crippen LogP contribution in [0.4, 0.5) is 0 Å². The van der Waals surface area contributed by atoms with Gasteiger partial charge in [0, 0.05) is 17.8 Å². The van der Waals surface area contributed by atoms with Crippen LogP contribution in [-0.2, 0) is 6.61 Å². The number of aliphatic hydroxyl groups is 2. The van der Waals surface area contributed by atoms with Crippen LogP contribution in [0.2, 0.25) is 0 Å². The van der Waals surface area contributed by atoms with E-state index in [-0.39, 0.29) is 6.61 Å². The van der Waals surface area contributed by atoms with Gasteiger partial charge in [-0.25, -0.2) is 4.98 Å². The second-order valence-corrected chi connectivity index (χ2v) is 3.97. The van der Waals surface area contributed by atoms with E-state index in [0.29, 0.717) is 17.2 Å². The van der Waals surface area contributed by atoms with Crippen molar-refractivity contribution in [3.8, 4) is 11.6 Å². The quantitative estimate of drug-likeness (QED) is 0.868. The van der Waals surface area contributed by atoms with Gasteiger partial charge in [0.1, 0.15) is 5.75 Å². The lowest BCUT2D eigenvalue weighted by atomic mass is 10.2. The molecule has 0 unspecified atom stereocenters. The molecule has 0 amide bonds. The topological polar surface area (TPSA) is 62.6 Å². The number of pyridine rings is 1. The molecule has 0 saturated carbocycles. The highest BCUT2D eigenvalue weighted by Crippen LogP contribution is 2.24. The van der Waals surface area contributed by atoms with Crippen LogP contribution in [0.1, 0.15) is 24.2 Å². The van der Waals surface area contributed by atoms with Crippen molar-refractivity contribution in [2.24, 2.45) is 0 Å². The number of rotatable bonds is 4. The fourth-order valence-corrected chi connectivity index (χ4v) is 1.55. The van der Waals surface area contributed by atoms with Crippen LogP contribution in [-0.4, -0.2) is 15.2 Å². The Morgan fingerprint density at radius 3 is 2.61 bits per heavy atom. The average molecular weight is 245 g/mol. The number of aromatic nitrogens is 1. The lowest BCUT2D eigenvalue weighted by Crippen LogP contribution is -1.95. The Balaban J connectivity index is 2.18. The summed E-state index contributed by atoms with van der Waals surface area (Å²) < 4.78 is 5.58. The van der Waals surface area contributed by atoms with Gasteiger partial charge >= 0.3 is 0 Å². The zero-order valence-corrected chi connectivity index (χ0v) is 10.1. The zero-order chi connectivity index (χ0) is 13.0. The molecule has 0 saturated heterocycles. The van der Waals surface area contributed by atoms with Crippen molar-refractivity contribution in [1.82, 2.24) is 4.98 Å². The summed E-state index contributed by atoms with van der Waals surface area (Å²) in [7, 11) is 0. The number of hydrogen-bond acceptors (Lipinski definition) is 4. The van der Waals surface area contributed by atoms with Gasteiger partial charge in [0.25, 0.3) is 0 Å². The second kappa shape index (κ2) is 5.62. The molecular weight excluding hydrogens is 230 g/mol. The third kappa shape index (κ3) is 2.85. The van der Waals surface area contributed by atoms with Crippen molar-refractivity contribution < 1.29 is 14.9 Å². The zero-order valence-electron chi connectivity index (χ0n) is 10.1.